The van der Waals surface area contributed by atoms with Gasteiger partial charge >= 0.3 is 0 Å². The number of halogens is 1. The van der Waals surface area contributed by atoms with Gasteiger partial charge in [0.15, 0.2) is 0 Å². The molecule has 0 unspecified atom stereocenters. The SMILES string of the molecule is CCc1nc(Br)cc(Nc2ccc(N(C)C)cc2)n1. The van der Waals surface area contributed by atoms with E-state index in [1.54, 1.807) is 0 Å². The molecular weight excluding hydrogens is 304 g/mol. The number of benzene rings is 1. The van der Waals surface area contributed by atoms with E-state index in [1.165, 1.54) is 5.69 Å². The van der Waals surface area contributed by atoms with E-state index in [2.05, 4.69) is 48.2 Å². The second kappa shape index (κ2) is 6.02. The topological polar surface area (TPSA) is 41.1 Å². The van der Waals surface area contributed by atoms with Crippen molar-refractivity contribution in [2.75, 3.05) is 24.3 Å². The first-order valence-corrected chi connectivity index (χ1v) is 6.95. The second-order valence-electron chi connectivity index (χ2n) is 4.41. The van der Waals surface area contributed by atoms with Crippen LogP contribution in [0.4, 0.5) is 17.2 Å². The van der Waals surface area contributed by atoms with E-state index in [-0.39, 0.29) is 0 Å². The molecule has 4 nitrogen and oxygen atoms in total. The highest BCUT2D eigenvalue weighted by Crippen LogP contribution is 2.20. The van der Waals surface area contributed by atoms with Crippen molar-refractivity contribution in [1.29, 1.82) is 0 Å². The molecule has 0 aliphatic carbocycles. The van der Waals surface area contributed by atoms with Crippen LogP contribution < -0.4 is 10.2 Å². The minimum atomic E-state index is 0.798. The van der Waals surface area contributed by atoms with Crippen LogP contribution in [0.1, 0.15) is 12.7 Å². The van der Waals surface area contributed by atoms with E-state index in [1.807, 2.05) is 39.2 Å². The van der Waals surface area contributed by atoms with Gasteiger partial charge in [-0.3, -0.25) is 0 Å². The summed E-state index contributed by atoms with van der Waals surface area (Å²) in [5, 5.41) is 3.29. The predicted octanol–water partition coefficient (Wildman–Crippen LogP) is 3.61. The van der Waals surface area contributed by atoms with Crippen LogP contribution in [0.15, 0.2) is 34.9 Å². The lowest BCUT2D eigenvalue weighted by Crippen LogP contribution is -2.08. The first-order valence-electron chi connectivity index (χ1n) is 6.16. The number of nitrogens with one attached hydrogen (secondary N) is 1. The van der Waals surface area contributed by atoms with Gasteiger partial charge in [-0.15, -0.1) is 0 Å². The Hall–Kier alpha value is -1.62. The smallest absolute Gasteiger partial charge is 0.135 e. The van der Waals surface area contributed by atoms with Gasteiger partial charge in [0.25, 0.3) is 0 Å². The molecule has 0 aliphatic heterocycles. The Bertz CT molecular complexity index is 552. The first-order chi connectivity index (χ1) is 9.08. The predicted molar refractivity (Wildman–Crippen MR) is 83.2 cm³/mol. The van der Waals surface area contributed by atoms with Gasteiger partial charge in [0.2, 0.25) is 0 Å². The zero-order valence-electron chi connectivity index (χ0n) is 11.3. The molecule has 0 saturated carbocycles. The Morgan fingerprint density at radius 2 is 1.84 bits per heavy atom. The average molecular weight is 321 g/mol. The van der Waals surface area contributed by atoms with Crippen molar-refractivity contribution in [3.63, 3.8) is 0 Å². The minimum absolute atomic E-state index is 0.798. The molecule has 1 aromatic heterocycles. The van der Waals surface area contributed by atoms with Crippen LogP contribution in [0.2, 0.25) is 0 Å². The van der Waals surface area contributed by atoms with Gasteiger partial charge in [0.1, 0.15) is 16.2 Å². The van der Waals surface area contributed by atoms with Crippen molar-refractivity contribution in [3.8, 4) is 0 Å². The molecule has 1 heterocycles. The number of aromatic nitrogens is 2. The molecule has 1 aromatic carbocycles. The maximum atomic E-state index is 4.44. The van der Waals surface area contributed by atoms with Gasteiger partial charge in [0, 0.05) is 38.0 Å². The number of anilines is 3. The Morgan fingerprint density at radius 3 is 2.42 bits per heavy atom. The van der Waals surface area contributed by atoms with E-state index in [0.29, 0.717) is 0 Å². The molecule has 2 aromatic rings. The molecule has 19 heavy (non-hydrogen) atoms. The summed E-state index contributed by atoms with van der Waals surface area (Å²) in [5.74, 6) is 1.62. The number of nitrogens with zero attached hydrogens (tertiary/aromatic N) is 3. The van der Waals surface area contributed by atoms with Gasteiger partial charge in [0.05, 0.1) is 0 Å². The van der Waals surface area contributed by atoms with Crippen LogP contribution in [-0.2, 0) is 6.42 Å². The molecule has 0 radical (unpaired) electrons. The first kappa shape index (κ1) is 13.8. The zero-order chi connectivity index (χ0) is 13.8. The fourth-order valence-corrected chi connectivity index (χ4v) is 2.10. The highest BCUT2D eigenvalue weighted by Gasteiger charge is 2.02. The largest absolute Gasteiger partial charge is 0.378 e. The molecule has 0 bridgehead atoms. The summed E-state index contributed by atoms with van der Waals surface area (Å²) in [7, 11) is 4.05. The Balaban J connectivity index is 2.18. The summed E-state index contributed by atoms with van der Waals surface area (Å²) < 4.78 is 0.798. The van der Waals surface area contributed by atoms with Gasteiger partial charge < -0.3 is 10.2 Å². The Labute approximate surface area is 122 Å². The molecule has 0 saturated heterocycles. The zero-order valence-corrected chi connectivity index (χ0v) is 12.9. The van der Waals surface area contributed by atoms with Crippen molar-refractivity contribution < 1.29 is 0 Å². The molecule has 0 aliphatic rings. The average Bonchev–Trinajstić information content (AvgIpc) is 2.38. The lowest BCUT2D eigenvalue weighted by Gasteiger charge is -2.13. The van der Waals surface area contributed by atoms with E-state index >= 15 is 0 Å². The summed E-state index contributed by atoms with van der Waals surface area (Å²) in [4.78, 5) is 10.8. The molecule has 5 heteroatoms. The third-order valence-electron chi connectivity index (χ3n) is 2.71. The van der Waals surface area contributed by atoms with Crippen molar-refractivity contribution in [2.24, 2.45) is 0 Å². The molecule has 0 atom stereocenters. The van der Waals surface area contributed by atoms with Crippen LogP contribution in [0.3, 0.4) is 0 Å². The van der Waals surface area contributed by atoms with Crippen molar-refractivity contribution in [1.82, 2.24) is 9.97 Å². The van der Waals surface area contributed by atoms with Crippen LogP contribution in [0.25, 0.3) is 0 Å². The Morgan fingerprint density at radius 1 is 1.16 bits per heavy atom. The molecule has 0 amide bonds. The maximum Gasteiger partial charge on any atom is 0.135 e. The minimum Gasteiger partial charge on any atom is -0.378 e. The summed E-state index contributed by atoms with van der Waals surface area (Å²) in [5.41, 5.74) is 2.18. The van der Waals surface area contributed by atoms with E-state index < -0.39 is 0 Å². The van der Waals surface area contributed by atoms with Gasteiger partial charge in [-0.1, -0.05) is 6.92 Å². The molecular formula is C14H17BrN4. The maximum absolute atomic E-state index is 4.44. The number of aryl methyl sites for hydroxylation is 1. The van der Waals surface area contributed by atoms with Crippen LogP contribution in [0.5, 0.6) is 0 Å². The highest BCUT2D eigenvalue weighted by molar-refractivity contribution is 9.10. The Kier molecular flexibility index (Phi) is 4.37. The number of hydrogen-bond acceptors (Lipinski definition) is 4. The fraction of sp³-hybridized carbons (Fsp3) is 0.286. The molecule has 0 spiro atoms. The lowest BCUT2D eigenvalue weighted by atomic mass is 10.2. The van der Waals surface area contributed by atoms with Gasteiger partial charge in [-0.25, -0.2) is 9.97 Å². The number of hydrogen-bond donors (Lipinski definition) is 1. The van der Waals surface area contributed by atoms with Crippen molar-refractivity contribution >= 4 is 33.1 Å². The van der Waals surface area contributed by atoms with E-state index in [0.717, 1.165) is 28.4 Å². The highest BCUT2D eigenvalue weighted by atomic mass is 79.9. The number of rotatable bonds is 4. The normalized spacial score (nSPS) is 10.3. The summed E-state index contributed by atoms with van der Waals surface area (Å²) in [6.07, 6.45) is 0.813. The quantitative estimate of drug-likeness (QED) is 0.874. The molecule has 1 N–H and O–H groups in total. The summed E-state index contributed by atoms with van der Waals surface area (Å²) >= 11 is 3.40. The van der Waals surface area contributed by atoms with Crippen molar-refractivity contribution in [3.05, 3.63) is 40.8 Å². The van der Waals surface area contributed by atoms with Crippen LogP contribution in [-0.4, -0.2) is 24.1 Å². The summed E-state index contributed by atoms with van der Waals surface area (Å²) in [6, 6.07) is 10.1. The lowest BCUT2D eigenvalue weighted by molar-refractivity contribution is 0.931. The van der Waals surface area contributed by atoms with E-state index in [9.17, 15) is 0 Å². The van der Waals surface area contributed by atoms with Crippen molar-refractivity contribution in [2.45, 2.75) is 13.3 Å². The fourth-order valence-electron chi connectivity index (χ4n) is 1.68. The van der Waals surface area contributed by atoms with Gasteiger partial charge in [-0.05, 0) is 40.2 Å². The molecule has 0 fully saturated rings. The molecule has 2 rings (SSSR count). The third-order valence-corrected chi connectivity index (χ3v) is 3.12. The monoisotopic (exact) mass is 320 g/mol. The van der Waals surface area contributed by atoms with Crippen LogP contribution >= 0.6 is 15.9 Å². The van der Waals surface area contributed by atoms with Gasteiger partial charge in [-0.2, -0.15) is 0 Å². The molecule has 100 valence electrons. The van der Waals surface area contributed by atoms with Crippen LogP contribution in [0, 0.1) is 0 Å². The second-order valence-corrected chi connectivity index (χ2v) is 5.22. The third kappa shape index (κ3) is 3.67. The van der Waals surface area contributed by atoms with E-state index in [4.69, 9.17) is 0 Å². The summed E-state index contributed by atoms with van der Waals surface area (Å²) in [6.45, 7) is 2.04. The standard InChI is InChI=1S/C14H17BrN4/c1-4-13-17-12(15)9-14(18-13)16-10-5-7-11(8-6-10)19(2)3/h5-9H,4H2,1-3H3,(H,16,17,18).